The molecule has 3 unspecified atom stereocenters. The van der Waals surface area contributed by atoms with Crippen molar-refractivity contribution >= 4 is 5.97 Å². The van der Waals surface area contributed by atoms with E-state index in [-0.39, 0.29) is 5.56 Å². The van der Waals surface area contributed by atoms with Gasteiger partial charge in [0.15, 0.2) is 11.6 Å². The molecular formula is C18H17F2NO3. The molecule has 24 heavy (non-hydrogen) atoms. The maximum absolute atomic E-state index is 14.3. The van der Waals surface area contributed by atoms with Gasteiger partial charge < -0.3 is 9.84 Å². The van der Waals surface area contributed by atoms with Crippen LogP contribution in [0, 0.1) is 11.6 Å². The Bertz CT molecular complexity index is 766. The van der Waals surface area contributed by atoms with E-state index in [2.05, 4.69) is 4.98 Å². The smallest absolute Gasteiger partial charge is 0.303 e. The summed E-state index contributed by atoms with van der Waals surface area (Å²) >= 11 is 0. The summed E-state index contributed by atoms with van der Waals surface area (Å²) in [6.45, 7) is 1.26. The van der Waals surface area contributed by atoms with Crippen molar-refractivity contribution in [3.63, 3.8) is 0 Å². The third kappa shape index (κ3) is 3.01. The summed E-state index contributed by atoms with van der Waals surface area (Å²) in [7, 11) is 0. The minimum atomic E-state index is -0.957. The number of nitrogens with zero attached hydrogens (tertiary/aromatic N) is 1. The number of halogens is 2. The lowest BCUT2D eigenvalue weighted by atomic mass is 9.87. The lowest BCUT2D eigenvalue weighted by Crippen LogP contribution is -2.18. The predicted molar refractivity (Wildman–Crippen MR) is 82.0 cm³/mol. The molecule has 3 rings (SSSR count). The van der Waals surface area contributed by atoms with Crippen molar-refractivity contribution in [2.24, 2.45) is 0 Å². The molecule has 1 aromatic carbocycles. The topological polar surface area (TPSA) is 59.4 Å². The quantitative estimate of drug-likeness (QED) is 0.674. The number of esters is 1. The van der Waals surface area contributed by atoms with E-state index >= 15 is 0 Å². The summed E-state index contributed by atoms with van der Waals surface area (Å²) < 4.78 is 33.4. The Kier molecular flexibility index (Phi) is 4.57. The van der Waals surface area contributed by atoms with Crippen LogP contribution in [0.1, 0.15) is 54.7 Å². The Morgan fingerprint density at radius 2 is 1.96 bits per heavy atom. The number of carbonyl (C=O) groups is 1. The van der Waals surface area contributed by atoms with Gasteiger partial charge in [0, 0.05) is 24.6 Å². The van der Waals surface area contributed by atoms with Crippen molar-refractivity contribution < 1.29 is 23.4 Å². The molecule has 0 radical (unpaired) electrons. The molecule has 0 saturated carbocycles. The van der Waals surface area contributed by atoms with E-state index in [9.17, 15) is 18.7 Å². The molecule has 0 spiro atoms. The van der Waals surface area contributed by atoms with Crippen LogP contribution < -0.4 is 0 Å². The summed E-state index contributed by atoms with van der Waals surface area (Å²) in [4.78, 5) is 15.7. The Morgan fingerprint density at radius 1 is 1.21 bits per heavy atom. The van der Waals surface area contributed by atoms with Gasteiger partial charge in [-0.2, -0.15) is 0 Å². The van der Waals surface area contributed by atoms with E-state index in [1.54, 1.807) is 12.1 Å². The van der Waals surface area contributed by atoms with Gasteiger partial charge in [-0.3, -0.25) is 9.78 Å². The van der Waals surface area contributed by atoms with Crippen molar-refractivity contribution in [1.29, 1.82) is 0 Å². The average molecular weight is 333 g/mol. The SMILES string of the molecule is CC(=O)OC1c2cccnc2C(O)CCC1c1cccc(F)c1F. The monoisotopic (exact) mass is 333 g/mol. The number of pyridine rings is 1. The van der Waals surface area contributed by atoms with Crippen LogP contribution >= 0.6 is 0 Å². The van der Waals surface area contributed by atoms with Crippen LogP contribution in [-0.2, 0) is 9.53 Å². The minimum Gasteiger partial charge on any atom is -0.457 e. The van der Waals surface area contributed by atoms with Crippen LogP contribution in [0.5, 0.6) is 0 Å². The van der Waals surface area contributed by atoms with Gasteiger partial charge in [0.25, 0.3) is 0 Å². The van der Waals surface area contributed by atoms with Crippen molar-refractivity contribution in [1.82, 2.24) is 4.98 Å². The molecule has 0 aliphatic heterocycles. The first-order chi connectivity index (χ1) is 11.5. The highest BCUT2D eigenvalue weighted by Crippen LogP contribution is 2.45. The number of aliphatic hydroxyl groups excluding tert-OH is 1. The van der Waals surface area contributed by atoms with Gasteiger partial charge in [-0.25, -0.2) is 8.78 Å². The molecule has 0 bridgehead atoms. The first kappa shape index (κ1) is 16.5. The Hall–Kier alpha value is -2.34. The second kappa shape index (κ2) is 6.65. The average Bonchev–Trinajstić information content (AvgIpc) is 2.69. The predicted octanol–water partition coefficient (Wildman–Crippen LogP) is 3.58. The zero-order chi connectivity index (χ0) is 17.3. The third-order valence-electron chi connectivity index (χ3n) is 4.28. The van der Waals surface area contributed by atoms with Gasteiger partial charge >= 0.3 is 5.97 Å². The maximum Gasteiger partial charge on any atom is 0.303 e. The second-order valence-electron chi connectivity index (χ2n) is 5.85. The number of rotatable bonds is 2. The number of ether oxygens (including phenoxy) is 1. The number of carbonyl (C=O) groups excluding carboxylic acids is 1. The van der Waals surface area contributed by atoms with Crippen LogP contribution in [0.25, 0.3) is 0 Å². The summed E-state index contributed by atoms with van der Waals surface area (Å²) in [5, 5.41) is 10.3. The molecule has 4 nitrogen and oxygen atoms in total. The van der Waals surface area contributed by atoms with E-state index in [0.29, 0.717) is 24.1 Å². The molecule has 1 N–H and O–H groups in total. The first-order valence-electron chi connectivity index (χ1n) is 7.73. The normalized spacial score (nSPS) is 23.2. The largest absolute Gasteiger partial charge is 0.457 e. The fourth-order valence-electron chi connectivity index (χ4n) is 3.24. The minimum absolute atomic E-state index is 0.130. The fourth-order valence-corrected chi connectivity index (χ4v) is 3.24. The molecule has 0 amide bonds. The Morgan fingerprint density at radius 3 is 2.71 bits per heavy atom. The van der Waals surface area contributed by atoms with E-state index in [1.807, 2.05) is 0 Å². The number of hydrogen-bond donors (Lipinski definition) is 1. The summed E-state index contributed by atoms with van der Waals surface area (Å²) in [6.07, 6.45) is 0.495. The number of benzene rings is 1. The molecule has 1 heterocycles. The standard InChI is InChI=1S/C18H17F2NO3/c1-10(22)24-18-12(11-4-2-6-14(19)16(11)20)7-8-15(23)17-13(18)5-3-9-21-17/h2-6,9,12,15,18,23H,7-8H2,1H3. The van der Waals surface area contributed by atoms with E-state index in [0.717, 1.165) is 6.07 Å². The van der Waals surface area contributed by atoms with Gasteiger partial charge in [0.1, 0.15) is 6.10 Å². The van der Waals surface area contributed by atoms with E-state index in [1.165, 1.54) is 25.3 Å². The molecule has 3 atom stereocenters. The highest BCUT2D eigenvalue weighted by atomic mass is 19.2. The summed E-state index contributed by atoms with van der Waals surface area (Å²) in [6, 6.07) is 7.29. The summed E-state index contributed by atoms with van der Waals surface area (Å²) in [5.74, 6) is -3.05. The van der Waals surface area contributed by atoms with Crippen LogP contribution in [0.2, 0.25) is 0 Å². The molecule has 0 fully saturated rings. The highest BCUT2D eigenvalue weighted by molar-refractivity contribution is 5.66. The Labute approximate surface area is 138 Å². The second-order valence-corrected chi connectivity index (χ2v) is 5.85. The molecule has 1 aliphatic rings. The zero-order valence-electron chi connectivity index (χ0n) is 13.1. The van der Waals surface area contributed by atoms with Gasteiger partial charge in [-0.05, 0) is 30.5 Å². The van der Waals surface area contributed by atoms with Crippen molar-refractivity contribution in [2.75, 3.05) is 0 Å². The van der Waals surface area contributed by atoms with Crippen LogP contribution in [-0.4, -0.2) is 16.1 Å². The molecule has 126 valence electrons. The van der Waals surface area contributed by atoms with Gasteiger partial charge in [-0.1, -0.05) is 18.2 Å². The van der Waals surface area contributed by atoms with Gasteiger partial charge in [0.05, 0.1) is 11.8 Å². The molecule has 0 saturated heterocycles. The summed E-state index contributed by atoms with van der Waals surface area (Å²) in [5.41, 5.74) is 1.06. The number of aliphatic hydroxyl groups is 1. The van der Waals surface area contributed by atoms with Crippen molar-refractivity contribution in [3.05, 3.63) is 65.0 Å². The Balaban J connectivity index is 2.14. The van der Waals surface area contributed by atoms with Crippen molar-refractivity contribution in [3.8, 4) is 0 Å². The number of aromatic nitrogens is 1. The van der Waals surface area contributed by atoms with Crippen LogP contribution in [0.3, 0.4) is 0 Å². The molecular weight excluding hydrogens is 316 g/mol. The lowest BCUT2D eigenvalue weighted by molar-refractivity contribution is -0.148. The van der Waals surface area contributed by atoms with Crippen LogP contribution in [0.4, 0.5) is 8.78 Å². The first-order valence-corrected chi connectivity index (χ1v) is 7.73. The fraction of sp³-hybridized carbons (Fsp3) is 0.333. The van der Waals surface area contributed by atoms with Gasteiger partial charge in [0.2, 0.25) is 0 Å². The highest BCUT2D eigenvalue weighted by Gasteiger charge is 2.36. The number of fused-ring (bicyclic) bond motifs is 1. The maximum atomic E-state index is 14.3. The van der Waals surface area contributed by atoms with Gasteiger partial charge in [-0.15, -0.1) is 0 Å². The molecule has 1 aromatic heterocycles. The van der Waals surface area contributed by atoms with E-state index < -0.39 is 35.7 Å². The lowest BCUT2D eigenvalue weighted by Gasteiger charge is -2.26. The molecule has 2 aromatic rings. The molecule has 1 aliphatic carbocycles. The van der Waals surface area contributed by atoms with Crippen molar-refractivity contribution in [2.45, 2.75) is 37.9 Å². The van der Waals surface area contributed by atoms with E-state index in [4.69, 9.17) is 4.74 Å². The number of hydrogen-bond acceptors (Lipinski definition) is 4. The zero-order valence-corrected chi connectivity index (χ0v) is 13.1. The molecule has 6 heteroatoms. The van der Waals surface area contributed by atoms with Crippen LogP contribution in [0.15, 0.2) is 36.5 Å². The third-order valence-corrected chi connectivity index (χ3v) is 4.28.